The number of hydrogen-bond acceptors (Lipinski definition) is 2. The van der Waals surface area contributed by atoms with Crippen LogP contribution in [0.5, 0.6) is 0 Å². The second kappa shape index (κ2) is 5.40. The molecule has 3 rings (SSSR count). The summed E-state index contributed by atoms with van der Waals surface area (Å²) in [7, 11) is 0. The topological polar surface area (TPSA) is 15.3 Å². The molecule has 2 heteroatoms. The van der Waals surface area contributed by atoms with Gasteiger partial charge in [-0.1, -0.05) is 58.0 Å². The summed E-state index contributed by atoms with van der Waals surface area (Å²) >= 11 is 0. The van der Waals surface area contributed by atoms with Gasteiger partial charge in [0.25, 0.3) is 0 Å². The summed E-state index contributed by atoms with van der Waals surface area (Å²) in [5, 5.41) is 3.88. The van der Waals surface area contributed by atoms with Gasteiger partial charge in [-0.25, -0.2) is 0 Å². The maximum atomic E-state index is 3.88. The Kier molecular flexibility index (Phi) is 3.87. The van der Waals surface area contributed by atoms with Crippen LogP contribution in [-0.4, -0.2) is 29.6 Å². The number of nitrogens with one attached hydrogen (secondary N) is 1. The molecule has 2 nitrogen and oxygen atoms in total. The van der Waals surface area contributed by atoms with Crippen molar-refractivity contribution in [3.05, 3.63) is 35.9 Å². The summed E-state index contributed by atoms with van der Waals surface area (Å²) in [4.78, 5) is 2.80. The molecule has 1 aliphatic carbocycles. The third-order valence-corrected chi connectivity index (χ3v) is 5.96. The first kappa shape index (κ1) is 15.1. The highest BCUT2D eigenvalue weighted by Crippen LogP contribution is 2.52. The lowest BCUT2D eigenvalue weighted by atomic mass is 9.86. The Labute approximate surface area is 129 Å². The Morgan fingerprint density at radius 2 is 1.76 bits per heavy atom. The van der Waals surface area contributed by atoms with E-state index < -0.39 is 0 Å². The predicted octanol–water partition coefficient (Wildman–Crippen LogP) is 3.99. The number of nitrogens with zero attached hydrogens (tertiary/aromatic N) is 1. The van der Waals surface area contributed by atoms with Gasteiger partial charge in [-0.15, -0.1) is 0 Å². The lowest BCUT2D eigenvalue weighted by molar-refractivity contribution is 0.0559. The van der Waals surface area contributed by atoms with Crippen LogP contribution in [0, 0.1) is 5.41 Å². The highest BCUT2D eigenvalue weighted by Gasteiger charge is 2.53. The van der Waals surface area contributed by atoms with Crippen molar-refractivity contribution in [2.45, 2.75) is 64.6 Å². The molecular weight excluding hydrogens is 256 g/mol. The molecule has 0 aromatic heterocycles. The Morgan fingerprint density at radius 3 is 2.29 bits per heavy atom. The summed E-state index contributed by atoms with van der Waals surface area (Å²) in [6.45, 7) is 11.8. The van der Waals surface area contributed by atoms with Gasteiger partial charge >= 0.3 is 0 Å². The molecule has 2 aliphatic rings. The lowest BCUT2D eigenvalue weighted by Crippen LogP contribution is -2.61. The first-order valence-corrected chi connectivity index (χ1v) is 8.57. The van der Waals surface area contributed by atoms with Crippen LogP contribution in [0.3, 0.4) is 0 Å². The van der Waals surface area contributed by atoms with E-state index in [1.54, 1.807) is 0 Å². The quantitative estimate of drug-likeness (QED) is 0.900. The predicted molar refractivity (Wildman–Crippen MR) is 89.4 cm³/mol. The first-order chi connectivity index (χ1) is 10.0. The standard InChI is InChI=1S/C19H30N2/c1-5-19(6-2)14-21(17-12-18(17,3)4)16(13-20-19)15-10-8-7-9-11-15/h7-11,16-17,20H,5-6,12-14H2,1-4H3. The molecule has 116 valence electrons. The van der Waals surface area contributed by atoms with Crippen LogP contribution >= 0.6 is 0 Å². The molecule has 0 radical (unpaired) electrons. The minimum Gasteiger partial charge on any atom is -0.308 e. The average Bonchev–Trinajstić information content (AvgIpc) is 3.16. The van der Waals surface area contributed by atoms with Crippen LogP contribution < -0.4 is 5.32 Å². The van der Waals surface area contributed by atoms with Gasteiger partial charge in [0.05, 0.1) is 0 Å². The summed E-state index contributed by atoms with van der Waals surface area (Å²) in [5.74, 6) is 0. The molecule has 1 aliphatic heterocycles. The third-order valence-electron chi connectivity index (χ3n) is 5.96. The van der Waals surface area contributed by atoms with E-state index >= 15 is 0 Å². The van der Waals surface area contributed by atoms with Crippen LogP contribution in [0.2, 0.25) is 0 Å². The van der Waals surface area contributed by atoms with Crippen LogP contribution in [-0.2, 0) is 0 Å². The molecule has 0 amide bonds. The molecular formula is C19H30N2. The fourth-order valence-electron chi connectivity index (χ4n) is 3.99. The van der Waals surface area contributed by atoms with E-state index in [4.69, 9.17) is 0 Å². The van der Waals surface area contributed by atoms with Crippen LogP contribution in [0.15, 0.2) is 30.3 Å². The SMILES string of the molecule is CCC1(CC)CN(C2CC2(C)C)C(c2ccccc2)CN1. The summed E-state index contributed by atoms with van der Waals surface area (Å²) in [6, 6.07) is 12.3. The molecule has 2 fully saturated rings. The normalized spacial score (nSPS) is 31.0. The molecule has 1 N–H and O–H groups in total. The third kappa shape index (κ3) is 2.76. The Balaban J connectivity index is 1.87. The van der Waals surface area contributed by atoms with Gasteiger partial charge < -0.3 is 5.32 Å². The molecule has 0 spiro atoms. The van der Waals surface area contributed by atoms with Gasteiger partial charge in [0.1, 0.15) is 0 Å². The zero-order chi connectivity index (χ0) is 15.1. The summed E-state index contributed by atoms with van der Waals surface area (Å²) in [5.41, 5.74) is 2.27. The summed E-state index contributed by atoms with van der Waals surface area (Å²) in [6.07, 6.45) is 3.78. The number of rotatable bonds is 4. The molecule has 1 saturated carbocycles. The van der Waals surface area contributed by atoms with Crippen LogP contribution in [0.25, 0.3) is 0 Å². The second-order valence-corrected chi connectivity index (χ2v) is 7.68. The van der Waals surface area contributed by atoms with Crippen molar-refractivity contribution in [3.63, 3.8) is 0 Å². The molecule has 21 heavy (non-hydrogen) atoms. The van der Waals surface area contributed by atoms with E-state index in [2.05, 4.69) is 68.2 Å². The first-order valence-electron chi connectivity index (χ1n) is 8.57. The maximum absolute atomic E-state index is 3.88. The number of benzene rings is 1. The van der Waals surface area contributed by atoms with Crippen molar-refractivity contribution in [2.75, 3.05) is 13.1 Å². The van der Waals surface area contributed by atoms with Crippen molar-refractivity contribution in [1.29, 1.82) is 0 Å². The van der Waals surface area contributed by atoms with Crippen LogP contribution in [0.1, 0.15) is 58.6 Å². The Morgan fingerprint density at radius 1 is 1.14 bits per heavy atom. The van der Waals surface area contributed by atoms with Gasteiger partial charge in [0.2, 0.25) is 0 Å². The van der Waals surface area contributed by atoms with Crippen molar-refractivity contribution in [3.8, 4) is 0 Å². The summed E-state index contributed by atoms with van der Waals surface area (Å²) < 4.78 is 0. The van der Waals surface area contributed by atoms with E-state index in [9.17, 15) is 0 Å². The van der Waals surface area contributed by atoms with Gasteiger partial charge in [-0.2, -0.15) is 0 Å². The van der Waals surface area contributed by atoms with Gasteiger partial charge in [-0.3, -0.25) is 4.90 Å². The molecule has 1 aromatic carbocycles. The van der Waals surface area contributed by atoms with E-state index in [0.29, 0.717) is 17.0 Å². The fourth-order valence-corrected chi connectivity index (χ4v) is 3.99. The molecule has 1 heterocycles. The molecule has 0 bridgehead atoms. The highest BCUT2D eigenvalue weighted by molar-refractivity contribution is 5.23. The highest BCUT2D eigenvalue weighted by atomic mass is 15.3. The van der Waals surface area contributed by atoms with Crippen molar-refractivity contribution in [1.82, 2.24) is 10.2 Å². The van der Waals surface area contributed by atoms with Gasteiger partial charge in [0, 0.05) is 30.7 Å². The molecule has 1 aromatic rings. The smallest absolute Gasteiger partial charge is 0.0476 e. The monoisotopic (exact) mass is 286 g/mol. The van der Waals surface area contributed by atoms with E-state index in [1.165, 1.54) is 31.4 Å². The minimum absolute atomic E-state index is 0.309. The van der Waals surface area contributed by atoms with E-state index in [-0.39, 0.29) is 0 Å². The van der Waals surface area contributed by atoms with Crippen LogP contribution in [0.4, 0.5) is 0 Å². The van der Waals surface area contributed by atoms with Gasteiger partial charge in [-0.05, 0) is 30.2 Å². The van der Waals surface area contributed by atoms with E-state index in [1.807, 2.05) is 0 Å². The number of piperazine rings is 1. The second-order valence-electron chi connectivity index (χ2n) is 7.68. The van der Waals surface area contributed by atoms with Crippen molar-refractivity contribution in [2.24, 2.45) is 5.41 Å². The van der Waals surface area contributed by atoms with E-state index in [0.717, 1.165) is 12.6 Å². The fraction of sp³-hybridized carbons (Fsp3) is 0.684. The maximum Gasteiger partial charge on any atom is 0.0476 e. The number of hydrogen-bond donors (Lipinski definition) is 1. The largest absolute Gasteiger partial charge is 0.308 e. The van der Waals surface area contributed by atoms with Crippen molar-refractivity contribution < 1.29 is 0 Å². The van der Waals surface area contributed by atoms with Gasteiger partial charge in [0.15, 0.2) is 0 Å². The zero-order valence-corrected chi connectivity index (χ0v) is 14.0. The van der Waals surface area contributed by atoms with Crippen molar-refractivity contribution >= 4 is 0 Å². The zero-order valence-electron chi connectivity index (χ0n) is 14.0. The molecule has 2 unspecified atom stereocenters. The Bertz CT molecular complexity index is 476. The lowest BCUT2D eigenvalue weighted by Gasteiger charge is -2.48. The molecule has 2 atom stereocenters. The minimum atomic E-state index is 0.309. The Hall–Kier alpha value is -0.860. The average molecular weight is 286 g/mol. The molecule has 1 saturated heterocycles.